The van der Waals surface area contributed by atoms with E-state index in [-0.39, 0.29) is 0 Å². The molecule has 0 saturated carbocycles. The van der Waals surface area contributed by atoms with Gasteiger partial charge in [0.1, 0.15) is 11.2 Å². The molecule has 1 aromatic heterocycles. The van der Waals surface area contributed by atoms with Crippen LogP contribution < -0.4 is 4.90 Å². The highest BCUT2D eigenvalue weighted by Gasteiger charge is 2.46. The summed E-state index contributed by atoms with van der Waals surface area (Å²) in [5.41, 5.74) is 16.7. The van der Waals surface area contributed by atoms with Crippen LogP contribution in [0.15, 0.2) is 241 Å². The van der Waals surface area contributed by atoms with Crippen LogP contribution in [0.1, 0.15) is 22.3 Å². The molecular weight excluding hydrogens is 739 g/mol. The molecule has 61 heavy (non-hydrogen) atoms. The Hall–Kier alpha value is -7.94. The first-order valence-corrected chi connectivity index (χ1v) is 21.0. The molecule has 2 heteroatoms. The van der Waals surface area contributed by atoms with Crippen molar-refractivity contribution in [2.24, 2.45) is 0 Å². The summed E-state index contributed by atoms with van der Waals surface area (Å²) in [6.45, 7) is 0. The third-order valence-electron chi connectivity index (χ3n) is 12.7. The summed E-state index contributed by atoms with van der Waals surface area (Å²) >= 11 is 0. The van der Waals surface area contributed by atoms with Crippen molar-refractivity contribution >= 4 is 49.8 Å². The van der Waals surface area contributed by atoms with Gasteiger partial charge in [0.2, 0.25) is 0 Å². The molecule has 1 aliphatic carbocycles. The summed E-state index contributed by atoms with van der Waals surface area (Å²) in [5.74, 6) is 0. The van der Waals surface area contributed by atoms with Crippen LogP contribution in [-0.2, 0) is 5.41 Å². The lowest BCUT2D eigenvalue weighted by Gasteiger charge is -2.34. The molecule has 1 heterocycles. The van der Waals surface area contributed by atoms with Crippen molar-refractivity contribution < 1.29 is 4.42 Å². The van der Waals surface area contributed by atoms with Crippen LogP contribution >= 0.6 is 0 Å². The monoisotopic (exact) mass is 777 g/mol. The van der Waals surface area contributed by atoms with E-state index in [1.807, 2.05) is 0 Å². The predicted octanol–water partition coefficient (Wildman–Crippen LogP) is 15.9. The first kappa shape index (κ1) is 35.0. The number of benzene rings is 10. The fourth-order valence-electron chi connectivity index (χ4n) is 9.94. The quantitative estimate of drug-likeness (QED) is 0.160. The maximum absolute atomic E-state index is 6.83. The first-order valence-electron chi connectivity index (χ1n) is 21.0. The van der Waals surface area contributed by atoms with E-state index in [1.165, 1.54) is 55.3 Å². The van der Waals surface area contributed by atoms with E-state index in [0.717, 1.165) is 50.1 Å². The second-order valence-corrected chi connectivity index (χ2v) is 16.1. The molecular formula is C59H39NO. The fourth-order valence-corrected chi connectivity index (χ4v) is 9.94. The van der Waals surface area contributed by atoms with Crippen molar-refractivity contribution in [2.75, 3.05) is 4.90 Å². The molecule has 12 rings (SSSR count). The minimum absolute atomic E-state index is 0.528. The van der Waals surface area contributed by atoms with Gasteiger partial charge in [0.05, 0.1) is 5.41 Å². The lowest BCUT2D eigenvalue weighted by atomic mass is 9.67. The summed E-state index contributed by atoms with van der Waals surface area (Å²) in [6.07, 6.45) is 0. The van der Waals surface area contributed by atoms with E-state index in [2.05, 4.69) is 241 Å². The number of rotatable bonds is 7. The Morgan fingerprint density at radius 1 is 0.311 bits per heavy atom. The summed E-state index contributed by atoms with van der Waals surface area (Å²) in [4.78, 5) is 2.35. The van der Waals surface area contributed by atoms with Gasteiger partial charge < -0.3 is 9.32 Å². The van der Waals surface area contributed by atoms with E-state index >= 15 is 0 Å². The van der Waals surface area contributed by atoms with Crippen LogP contribution in [0.3, 0.4) is 0 Å². The normalized spacial score (nSPS) is 14.3. The van der Waals surface area contributed by atoms with Crippen molar-refractivity contribution in [3.8, 4) is 33.4 Å². The lowest BCUT2D eigenvalue weighted by molar-refractivity contribution is 0.668. The van der Waals surface area contributed by atoms with E-state index in [9.17, 15) is 0 Å². The molecule has 11 aromatic rings. The predicted molar refractivity (Wildman–Crippen MR) is 254 cm³/mol. The average molecular weight is 778 g/mol. The van der Waals surface area contributed by atoms with Crippen LogP contribution in [0.5, 0.6) is 0 Å². The number of nitrogens with zero attached hydrogens (tertiary/aromatic N) is 1. The molecule has 0 N–H and O–H groups in total. The van der Waals surface area contributed by atoms with Crippen LogP contribution in [0.25, 0.3) is 66.1 Å². The molecule has 0 bridgehead atoms. The van der Waals surface area contributed by atoms with Crippen molar-refractivity contribution in [1.82, 2.24) is 0 Å². The highest BCUT2D eigenvalue weighted by atomic mass is 16.3. The van der Waals surface area contributed by atoms with Gasteiger partial charge >= 0.3 is 0 Å². The number of hydrogen-bond acceptors (Lipinski definition) is 2. The van der Waals surface area contributed by atoms with Crippen LogP contribution in [0, 0.1) is 0 Å². The summed E-state index contributed by atoms with van der Waals surface area (Å²) in [7, 11) is 0. The molecule has 0 fully saturated rings. The molecule has 286 valence electrons. The Kier molecular flexibility index (Phi) is 8.11. The van der Waals surface area contributed by atoms with Crippen molar-refractivity contribution in [3.05, 3.63) is 259 Å². The van der Waals surface area contributed by atoms with Crippen molar-refractivity contribution in [1.29, 1.82) is 0 Å². The van der Waals surface area contributed by atoms with Gasteiger partial charge in [-0.1, -0.05) is 170 Å². The summed E-state index contributed by atoms with van der Waals surface area (Å²) in [5, 5.41) is 4.68. The maximum atomic E-state index is 6.83. The van der Waals surface area contributed by atoms with E-state index in [0.29, 0.717) is 0 Å². The lowest BCUT2D eigenvalue weighted by Crippen LogP contribution is -2.28. The topological polar surface area (TPSA) is 16.4 Å². The van der Waals surface area contributed by atoms with E-state index < -0.39 is 5.41 Å². The molecule has 1 aliphatic rings. The third-order valence-corrected chi connectivity index (χ3v) is 12.7. The molecule has 0 radical (unpaired) electrons. The molecule has 1 atom stereocenters. The zero-order valence-electron chi connectivity index (χ0n) is 33.4. The van der Waals surface area contributed by atoms with E-state index in [1.54, 1.807) is 0 Å². The average Bonchev–Trinajstić information content (AvgIpc) is 3.84. The second kappa shape index (κ2) is 14.1. The zero-order chi connectivity index (χ0) is 40.3. The van der Waals surface area contributed by atoms with E-state index in [4.69, 9.17) is 4.42 Å². The van der Waals surface area contributed by atoms with Gasteiger partial charge in [-0.3, -0.25) is 0 Å². The Morgan fingerprint density at radius 3 is 1.57 bits per heavy atom. The van der Waals surface area contributed by atoms with Gasteiger partial charge in [-0.2, -0.15) is 0 Å². The first-order chi connectivity index (χ1) is 30.2. The molecule has 1 unspecified atom stereocenters. The SMILES string of the molecule is c1ccc(-c2cccc(N(c3cccc(-c4ccccc4)c3)c3ccc4c(c3)oc3ccc(C5(c6ccccc6)c6ccccc6-c6cc7ccccc7cc65)cc34)c2)cc1. The Bertz CT molecular complexity index is 3340. The Morgan fingerprint density at radius 2 is 0.885 bits per heavy atom. The van der Waals surface area contributed by atoms with Crippen LogP contribution in [-0.4, -0.2) is 0 Å². The zero-order valence-corrected chi connectivity index (χ0v) is 33.4. The molecule has 2 nitrogen and oxygen atoms in total. The van der Waals surface area contributed by atoms with Crippen LogP contribution in [0.4, 0.5) is 17.1 Å². The highest BCUT2D eigenvalue weighted by Crippen LogP contribution is 2.57. The molecule has 0 saturated heterocycles. The number of anilines is 3. The third kappa shape index (κ3) is 5.64. The Labute approximate surface area is 355 Å². The maximum Gasteiger partial charge on any atom is 0.137 e. The smallest absolute Gasteiger partial charge is 0.137 e. The van der Waals surface area contributed by atoms with Gasteiger partial charge in [0.25, 0.3) is 0 Å². The van der Waals surface area contributed by atoms with Crippen molar-refractivity contribution in [3.63, 3.8) is 0 Å². The molecule has 0 spiro atoms. The molecule has 10 aromatic carbocycles. The number of hydrogen-bond donors (Lipinski definition) is 0. The number of furan rings is 1. The number of fused-ring (bicyclic) bond motifs is 7. The van der Waals surface area contributed by atoms with Crippen molar-refractivity contribution in [2.45, 2.75) is 5.41 Å². The van der Waals surface area contributed by atoms with Crippen LogP contribution in [0.2, 0.25) is 0 Å². The minimum Gasteiger partial charge on any atom is -0.456 e. The fraction of sp³-hybridized carbons (Fsp3) is 0.0169. The summed E-state index contributed by atoms with van der Waals surface area (Å²) in [6, 6.07) is 85.9. The summed E-state index contributed by atoms with van der Waals surface area (Å²) < 4.78 is 6.83. The Balaban J connectivity index is 1.05. The van der Waals surface area contributed by atoms with Gasteiger partial charge in [-0.15, -0.1) is 0 Å². The minimum atomic E-state index is -0.528. The van der Waals surface area contributed by atoms with Gasteiger partial charge in [-0.25, -0.2) is 0 Å². The highest BCUT2D eigenvalue weighted by molar-refractivity contribution is 6.07. The standard InChI is InChI=1S/C59H39NO/c1-4-16-40(17-5-1)42-22-14-26-48(34-42)60(49-27-15-23-43(35-49)41-18-6-2-7-19-41)50-31-32-52-54-38-47(30-33-57(54)61-58(52)39-50)59(46-24-8-3-9-25-46)55-29-13-12-28-51(55)53-36-44-20-10-11-21-45(44)37-56(53)59/h1-39H. The second-order valence-electron chi connectivity index (χ2n) is 16.1. The van der Waals surface area contributed by atoms with Gasteiger partial charge in [0, 0.05) is 33.9 Å². The van der Waals surface area contributed by atoms with Gasteiger partial charge in [-0.05, 0) is 127 Å². The largest absolute Gasteiger partial charge is 0.456 e. The van der Waals surface area contributed by atoms with Gasteiger partial charge in [0.15, 0.2) is 0 Å². The molecule has 0 amide bonds. The molecule has 0 aliphatic heterocycles.